The smallest absolute Gasteiger partial charge is 0.410 e. The molecule has 1 aliphatic rings. The van der Waals surface area contributed by atoms with Crippen molar-refractivity contribution in [1.29, 1.82) is 0 Å². The highest BCUT2D eigenvalue weighted by Gasteiger charge is 2.28. The van der Waals surface area contributed by atoms with Crippen LogP contribution in [0.1, 0.15) is 31.9 Å². The molecule has 1 amide bonds. The van der Waals surface area contributed by atoms with E-state index in [1.165, 1.54) is 6.07 Å². The van der Waals surface area contributed by atoms with Crippen LogP contribution >= 0.6 is 15.9 Å². The van der Waals surface area contributed by atoms with Crippen molar-refractivity contribution >= 4 is 22.0 Å². The molecule has 0 atom stereocenters. The molecule has 0 fully saturated rings. The number of hydrogen-bond acceptors (Lipinski definition) is 2. The Balaban J connectivity index is 2.13. The molecule has 0 radical (unpaired) electrons. The highest BCUT2D eigenvalue weighted by atomic mass is 79.9. The molecular weight excluding hydrogens is 301 g/mol. The van der Waals surface area contributed by atoms with Gasteiger partial charge in [-0.25, -0.2) is 9.18 Å². The van der Waals surface area contributed by atoms with Gasteiger partial charge in [0.2, 0.25) is 0 Å². The summed E-state index contributed by atoms with van der Waals surface area (Å²) in [6.45, 7) is 6.33. The van der Waals surface area contributed by atoms with Crippen LogP contribution in [0.25, 0.3) is 0 Å². The zero-order valence-electron chi connectivity index (χ0n) is 10.6. The second kappa shape index (κ2) is 4.53. The molecule has 0 bridgehead atoms. The van der Waals surface area contributed by atoms with Crippen LogP contribution in [0.2, 0.25) is 0 Å². The van der Waals surface area contributed by atoms with Gasteiger partial charge in [-0.05, 0) is 60.0 Å². The first-order valence-electron chi connectivity index (χ1n) is 5.71. The van der Waals surface area contributed by atoms with Gasteiger partial charge in [0.25, 0.3) is 0 Å². The number of rotatable bonds is 0. The fraction of sp³-hybridized carbons (Fsp3) is 0.462. The van der Waals surface area contributed by atoms with Gasteiger partial charge in [-0.1, -0.05) is 0 Å². The predicted octanol–water partition coefficient (Wildman–Crippen LogP) is 3.84. The SMILES string of the molecule is CC(C)(C)OC(=O)N1Cc2cc(F)c(Br)cc2C1. The average Bonchev–Trinajstić information content (AvgIpc) is 2.59. The van der Waals surface area contributed by atoms with E-state index < -0.39 is 5.60 Å². The van der Waals surface area contributed by atoms with Crippen molar-refractivity contribution in [3.05, 3.63) is 33.5 Å². The summed E-state index contributed by atoms with van der Waals surface area (Å²) in [5.41, 5.74) is 1.27. The normalized spacial score (nSPS) is 14.6. The topological polar surface area (TPSA) is 29.5 Å². The molecule has 2 rings (SSSR count). The van der Waals surface area contributed by atoms with Crippen LogP contribution in [0.3, 0.4) is 0 Å². The third kappa shape index (κ3) is 2.83. The number of halogens is 2. The molecule has 0 saturated heterocycles. The first kappa shape index (κ1) is 13.3. The van der Waals surface area contributed by atoms with Crippen LogP contribution in [0.15, 0.2) is 16.6 Å². The molecule has 5 heteroatoms. The molecule has 1 aromatic carbocycles. The molecule has 0 aliphatic carbocycles. The zero-order chi connectivity index (χ0) is 13.5. The van der Waals surface area contributed by atoms with Crippen LogP contribution in [0, 0.1) is 5.82 Å². The monoisotopic (exact) mass is 315 g/mol. The number of hydrogen-bond donors (Lipinski definition) is 0. The molecule has 0 N–H and O–H groups in total. The van der Waals surface area contributed by atoms with Crippen LogP contribution in [-0.4, -0.2) is 16.6 Å². The Morgan fingerprint density at radius 1 is 1.33 bits per heavy atom. The van der Waals surface area contributed by atoms with E-state index in [0.717, 1.165) is 11.1 Å². The average molecular weight is 316 g/mol. The van der Waals surface area contributed by atoms with E-state index in [-0.39, 0.29) is 11.9 Å². The highest BCUT2D eigenvalue weighted by Crippen LogP contribution is 2.29. The fourth-order valence-corrected chi connectivity index (χ4v) is 2.24. The lowest BCUT2D eigenvalue weighted by atomic mass is 10.1. The van der Waals surface area contributed by atoms with Gasteiger partial charge in [0.1, 0.15) is 11.4 Å². The Labute approximate surface area is 114 Å². The van der Waals surface area contributed by atoms with Crippen molar-refractivity contribution in [2.75, 3.05) is 0 Å². The lowest BCUT2D eigenvalue weighted by molar-refractivity contribution is 0.0242. The minimum absolute atomic E-state index is 0.306. The molecule has 0 spiro atoms. The molecule has 0 aromatic heterocycles. The summed E-state index contributed by atoms with van der Waals surface area (Å²) in [6, 6.07) is 3.18. The van der Waals surface area contributed by atoms with Crippen molar-refractivity contribution in [3.8, 4) is 0 Å². The van der Waals surface area contributed by atoms with Crippen molar-refractivity contribution in [2.45, 2.75) is 39.5 Å². The highest BCUT2D eigenvalue weighted by molar-refractivity contribution is 9.10. The lowest BCUT2D eigenvalue weighted by Crippen LogP contribution is -2.33. The molecule has 1 aromatic rings. The Morgan fingerprint density at radius 2 is 1.89 bits per heavy atom. The third-order valence-electron chi connectivity index (χ3n) is 2.62. The van der Waals surface area contributed by atoms with Gasteiger partial charge < -0.3 is 4.74 Å². The first-order chi connectivity index (χ1) is 8.26. The van der Waals surface area contributed by atoms with Crippen LogP contribution in [-0.2, 0) is 17.8 Å². The molecule has 1 heterocycles. The van der Waals surface area contributed by atoms with Crippen molar-refractivity contribution in [1.82, 2.24) is 4.90 Å². The van der Waals surface area contributed by atoms with E-state index in [0.29, 0.717) is 17.6 Å². The van der Waals surface area contributed by atoms with Gasteiger partial charge in [-0.15, -0.1) is 0 Å². The minimum Gasteiger partial charge on any atom is -0.444 e. The van der Waals surface area contributed by atoms with E-state index in [2.05, 4.69) is 15.9 Å². The maximum Gasteiger partial charge on any atom is 0.410 e. The fourth-order valence-electron chi connectivity index (χ4n) is 1.85. The maximum atomic E-state index is 13.4. The van der Waals surface area contributed by atoms with Gasteiger partial charge in [-0.3, -0.25) is 4.90 Å². The summed E-state index contributed by atoms with van der Waals surface area (Å²) in [4.78, 5) is 13.5. The molecule has 3 nitrogen and oxygen atoms in total. The van der Waals surface area contributed by atoms with E-state index >= 15 is 0 Å². The molecule has 0 saturated carbocycles. The van der Waals surface area contributed by atoms with Gasteiger partial charge >= 0.3 is 6.09 Å². The summed E-state index contributed by atoms with van der Waals surface area (Å²) < 4.78 is 19.1. The Bertz CT molecular complexity index is 465. The Hall–Kier alpha value is -1.10. The second-order valence-corrected chi connectivity index (χ2v) is 6.23. The number of amides is 1. The summed E-state index contributed by atoms with van der Waals surface area (Å²) in [7, 11) is 0. The predicted molar refractivity (Wildman–Crippen MR) is 69.6 cm³/mol. The second-order valence-electron chi connectivity index (χ2n) is 5.37. The zero-order valence-corrected chi connectivity index (χ0v) is 12.2. The van der Waals surface area contributed by atoms with Crippen molar-refractivity contribution in [2.24, 2.45) is 0 Å². The Morgan fingerprint density at radius 3 is 2.44 bits per heavy atom. The number of benzene rings is 1. The van der Waals surface area contributed by atoms with Gasteiger partial charge in [-0.2, -0.15) is 0 Å². The summed E-state index contributed by atoms with van der Waals surface area (Å²) in [6.07, 6.45) is -0.366. The van der Waals surface area contributed by atoms with Crippen LogP contribution in [0.4, 0.5) is 9.18 Å². The van der Waals surface area contributed by atoms with Gasteiger partial charge in [0.05, 0.1) is 4.47 Å². The van der Waals surface area contributed by atoms with E-state index in [9.17, 15) is 9.18 Å². The lowest BCUT2D eigenvalue weighted by Gasteiger charge is -2.24. The maximum absolute atomic E-state index is 13.4. The van der Waals surface area contributed by atoms with Gasteiger partial charge in [0, 0.05) is 13.1 Å². The standard InChI is InChI=1S/C13H15BrFNO2/c1-13(2,3)18-12(17)16-6-8-4-10(14)11(15)5-9(8)7-16/h4-5H,6-7H2,1-3H3. The molecule has 1 aliphatic heterocycles. The quantitative estimate of drug-likeness (QED) is 0.728. The molecule has 0 unspecified atom stereocenters. The number of carbonyl (C=O) groups is 1. The molecule has 18 heavy (non-hydrogen) atoms. The van der Waals surface area contributed by atoms with Crippen molar-refractivity contribution < 1.29 is 13.9 Å². The number of fused-ring (bicyclic) bond motifs is 1. The van der Waals surface area contributed by atoms with E-state index in [1.54, 1.807) is 11.0 Å². The molecular formula is C13H15BrFNO2. The minimum atomic E-state index is -0.516. The largest absolute Gasteiger partial charge is 0.444 e. The summed E-state index contributed by atoms with van der Waals surface area (Å²) >= 11 is 3.14. The first-order valence-corrected chi connectivity index (χ1v) is 6.50. The van der Waals surface area contributed by atoms with Crippen LogP contribution in [0.5, 0.6) is 0 Å². The van der Waals surface area contributed by atoms with E-state index in [4.69, 9.17) is 4.74 Å². The van der Waals surface area contributed by atoms with Gasteiger partial charge in [0.15, 0.2) is 0 Å². The van der Waals surface area contributed by atoms with E-state index in [1.807, 2.05) is 20.8 Å². The molecule has 98 valence electrons. The summed E-state index contributed by atoms with van der Waals surface area (Å²) in [5, 5.41) is 0. The number of ether oxygens (including phenoxy) is 1. The van der Waals surface area contributed by atoms with Crippen LogP contribution < -0.4 is 0 Å². The Kier molecular flexibility index (Phi) is 3.36. The third-order valence-corrected chi connectivity index (χ3v) is 3.22. The van der Waals surface area contributed by atoms with Crippen molar-refractivity contribution in [3.63, 3.8) is 0 Å². The number of nitrogens with zero attached hydrogens (tertiary/aromatic N) is 1. The number of carbonyl (C=O) groups excluding carboxylic acids is 1. The summed E-state index contributed by atoms with van der Waals surface area (Å²) in [5.74, 6) is -0.306.